The minimum absolute atomic E-state index is 0.00757. The Bertz CT molecular complexity index is 717. The Labute approximate surface area is 127 Å². The van der Waals surface area contributed by atoms with Gasteiger partial charge in [0.2, 0.25) is 0 Å². The summed E-state index contributed by atoms with van der Waals surface area (Å²) < 4.78 is 6.75. The highest BCUT2D eigenvalue weighted by Gasteiger charge is 2.17. The minimum atomic E-state index is -0.491. The van der Waals surface area contributed by atoms with Gasteiger partial charge in [-0.2, -0.15) is 0 Å². The first kappa shape index (κ1) is 15.4. The second kappa shape index (κ2) is 6.66. The van der Waals surface area contributed by atoms with Crippen molar-refractivity contribution in [3.8, 4) is 0 Å². The average Bonchev–Trinajstić information content (AvgIpc) is 2.91. The Hall–Kier alpha value is -2.96. The lowest BCUT2D eigenvalue weighted by molar-refractivity contribution is -0.384. The van der Waals surface area contributed by atoms with Gasteiger partial charge in [0.05, 0.1) is 11.5 Å². The van der Waals surface area contributed by atoms with E-state index in [1.165, 1.54) is 12.1 Å². The lowest BCUT2D eigenvalue weighted by atomic mass is 10.1. The molecule has 2 rings (SSSR count). The largest absolute Gasteiger partial charge is 0.462 e. The van der Waals surface area contributed by atoms with E-state index in [2.05, 4.69) is 4.98 Å². The topological polar surface area (TPSA) is 87.3 Å². The Morgan fingerprint density at radius 1 is 1.41 bits per heavy atom. The monoisotopic (exact) mass is 301 g/mol. The van der Waals surface area contributed by atoms with Gasteiger partial charge < -0.3 is 9.30 Å². The molecule has 0 unspecified atom stereocenters. The van der Waals surface area contributed by atoms with Crippen molar-refractivity contribution in [2.24, 2.45) is 7.05 Å². The summed E-state index contributed by atoms with van der Waals surface area (Å²) in [7, 11) is 1.77. The number of hydrogen-bond donors (Lipinski definition) is 0. The predicted molar refractivity (Wildman–Crippen MR) is 80.8 cm³/mol. The molecule has 0 radical (unpaired) electrons. The van der Waals surface area contributed by atoms with Crippen LogP contribution in [0.2, 0.25) is 0 Å². The summed E-state index contributed by atoms with van der Waals surface area (Å²) in [6.07, 6.45) is 4.90. The van der Waals surface area contributed by atoms with Crippen LogP contribution in [0, 0.1) is 10.1 Å². The van der Waals surface area contributed by atoms with Gasteiger partial charge in [0, 0.05) is 31.6 Å². The molecule has 1 aromatic heterocycles. The molecule has 0 N–H and O–H groups in total. The molecule has 1 heterocycles. The van der Waals surface area contributed by atoms with Crippen molar-refractivity contribution in [3.63, 3.8) is 0 Å². The third kappa shape index (κ3) is 3.38. The maximum Gasteiger partial charge on any atom is 0.341 e. The summed E-state index contributed by atoms with van der Waals surface area (Å²) in [5.74, 6) is -0.0213. The zero-order chi connectivity index (χ0) is 16.1. The van der Waals surface area contributed by atoms with Crippen LogP contribution in [0.1, 0.15) is 18.3 Å². The number of benzene rings is 1. The molecule has 0 spiro atoms. The van der Waals surface area contributed by atoms with E-state index in [0.29, 0.717) is 17.0 Å². The number of nitrogens with zero attached hydrogens (tertiary/aromatic N) is 3. The smallest absolute Gasteiger partial charge is 0.341 e. The fourth-order valence-electron chi connectivity index (χ4n) is 1.91. The predicted octanol–water partition coefficient (Wildman–Crippen LogP) is 2.43. The first-order valence-electron chi connectivity index (χ1n) is 6.64. The summed E-state index contributed by atoms with van der Waals surface area (Å²) in [6.45, 7) is 1.97. The van der Waals surface area contributed by atoms with Crippen molar-refractivity contribution in [3.05, 3.63) is 58.2 Å². The maximum absolute atomic E-state index is 12.1. The van der Waals surface area contributed by atoms with E-state index in [1.54, 1.807) is 49.1 Å². The van der Waals surface area contributed by atoms with Gasteiger partial charge >= 0.3 is 5.97 Å². The Morgan fingerprint density at radius 3 is 2.59 bits per heavy atom. The van der Waals surface area contributed by atoms with Crippen LogP contribution in [0.15, 0.2) is 36.7 Å². The van der Waals surface area contributed by atoms with Crippen molar-refractivity contribution in [2.45, 2.75) is 6.92 Å². The molecule has 1 aromatic carbocycles. The van der Waals surface area contributed by atoms with Crippen LogP contribution in [0.5, 0.6) is 0 Å². The van der Waals surface area contributed by atoms with Crippen LogP contribution < -0.4 is 0 Å². The van der Waals surface area contributed by atoms with Gasteiger partial charge in [-0.15, -0.1) is 0 Å². The molecule has 0 aliphatic heterocycles. The van der Waals surface area contributed by atoms with Gasteiger partial charge in [-0.3, -0.25) is 10.1 Å². The number of rotatable bonds is 5. The molecule has 0 fully saturated rings. The van der Waals surface area contributed by atoms with Crippen molar-refractivity contribution in [1.82, 2.24) is 9.55 Å². The molecule has 0 atom stereocenters. The number of nitro groups is 1. The molecule has 0 saturated carbocycles. The van der Waals surface area contributed by atoms with Crippen LogP contribution >= 0.6 is 0 Å². The van der Waals surface area contributed by atoms with Crippen molar-refractivity contribution >= 4 is 23.3 Å². The molecule has 0 amide bonds. The third-order valence-corrected chi connectivity index (χ3v) is 2.97. The van der Waals surface area contributed by atoms with Gasteiger partial charge in [-0.25, -0.2) is 9.78 Å². The third-order valence-electron chi connectivity index (χ3n) is 2.97. The number of non-ortho nitro benzene ring substituents is 1. The quantitative estimate of drug-likeness (QED) is 0.366. The van der Waals surface area contributed by atoms with Gasteiger partial charge in [0.25, 0.3) is 5.69 Å². The number of hydrogen-bond acceptors (Lipinski definition) is 5. The number of aromatic nitrogens is 2. The Kier molecular flexibility index (Phi) is 4.67. The number of imidazole rings is 1. The van der Waals surface area contributed by atoms with Crippen molar-refractivity contribution in [2.75, 3.05) is 6.61 Å². The molecule has 7 nitrogen and oxygen atoms in total. The van der Waals surface area contributed by atoms with Crippen molar-refractivity contribution in [1.29, 1.82) is 0 Å². The molecule has 7 heteroatoms. The molecule has 2 aromatic rings. The van der Waals surface area contributed by atoms with E-state index in [1.807, 2.05) is 0 Å². The van der Waals surface area contributed by atoms with Crippen LogP contribution in [-0.4, -0.2) is 27.1 Å². The molecule has 114 valence electrons. The zero-order valence-corrected chi connectivity index (χ0v) is 12.2. The Balaban J connectivity index is 2.42. The van der Waals surface area contributed by atoms with Gasteiger partial charge in [-0.05, 0) is 30.7 Å². The first-order chi connectivity index (χ1) is 10.5. The number of ether oxygens (including phenoxy) is 1. The molecule has 0 saturated heterocycles. The SMILES string of the molecule is CCOC(=O)/C(=C/c1ccc([N+](=O)[O-])cc1)c1nccn1C. The fraction of sp³-hybridized carbons (Fsp3) is 0.200. The van der Waals surface area contributed by atoms with Gasteiger partial charge in [-0.1, -0.05) is 0 Å². The van der Waals surface area contributed by atoms with Crippen LogP contribution in [0.4, 0.5) is 5.69 Å². The Morgan fingerprint density at radius 2 is 2.09 bits per heavy atom. The van der Waals surface area contributed by atoms with E-state index in [-0.39, 0.29) is 12.3 Å². The molecular formula is C15H15N3O4. The van der Waals surface area contributed by atoms with Gasteiger partial charge in [0.15, 0.2) is 0 Å². The van der Waals surface area contributed by atoms with E-state index in [9.17, 15) is 14.9 Å². The summed E-state index contributed by atoms with van der Waals surface area (Å²) in [5.41, 5.74) is 0.937. The van der Waals surface area contributed by atoms with Crippen LogP contribution in [-0.2, 0) is 16.6 Å². The molecule has 0 aliphatic rings. The zero-order valence-electron chi connectivity index (χ0n) is 12.2. The number of esters is 1. The minimum Gasteiger partial charge on any atom is -0.462 e. The molecule has 0 bridgehead atoms. The number of nitro benzene ring substituents is 1. The van der Waals surface area contributed by atoms with Gasteiger partial charge in [0.1, 0.15) is 11.4 Å². The van der Waals surface area contributed by atoms with E-state index in [4.69, 9.17) is 4.74 Å². The summed E-state index contributed by atoms with van der Waals surface area (Å²) in [4.78, 5) is 26.5. The molecule has 22 heavy (non-hydrogen) atoms. The highest BCUT2D eigenvalue weighted by molar-refractivity contribution is 6.20. The van der Waals surface area contributed by atoms with E-state index >= 15 is 0 Å². The van der Waals surface area contributed by atoms with Crippen LogP contribution in [0.3, 0.4) is 0 Å². The first-order valence-corrected chi connectivity index (χ1v) is 6.64. The standard InChI is InChI=1S/C15H15N3O4/c1-3-22-15(19)13(14-16-8-9-17(14)2)10-11-4-6-12(7-5-11)18(20)21/h4-10H,3H2,1-2H3/b13-10+. The fourth-order valence-corrected chi connectivity index (χ4v) is 1.91. The van der Waals surface area contributed by atoms with Crippen molar-refractivity contribution < 1.29 is 14.5 Å². The number of carbonyl (C=O) groups is 1. The highest BCUT2D eigenvalue weighted by Crippen LogP contribution is 2.20. The lowest BCUT2D eigenvalue weighted by Crippen LogP contribution is -2.10. The van der Waals surface area contributed by atoms with E-state index < -0.39 is 10.9 Å². The van der Waals surface area contributed by atoms with Crippen LogP contribution in [0.25, 0.3) is 11.6 Å². The number of carbonyl (C=O) groups excluding carboxylic acids is 1. The van der Waals surface area contributed by atoms with E-state index in [0.717, 1.165) is 0 Å². The lowest BCUT2D eigenvalue weighted by Gasteiger charge is -2.07. The molecule has 0 aliphatic carbocycles. The maximum atomic E-state index is 12.1. The normalized spacial score (nSPS) is 11.3. The summed E-state index contributed by atoms with van der Waals surface area (Å²) in [6, 6.07) is 5.90. The molecular weight excluding hydrogens is 286 g/mol. The number of aryl methyl sites for hydroxylation is 1. The summed E-state index contributed by atoms with van der Waals surface area (Å²) >= 11 is 0. The second-order valence-corrected chi connectivity index (χ2v) is 4.49. The highest BCUT2D eigenvalue weighted by atomic mass is 16.6. The average molecular weight is 301 g/mol. The second-order valence-electron chi connectivity index (χ2n) is 4.49. The summed E-state index contributed by atoms with van der Waals surface area (Å²) in [5, 5.41) is 10.7.